The van der Waals surface area contributed by atoms with Gasteiger partial charge in [0.25, 0.3) is 0 Å². The summed E-state index contributed by atoms with van der Waals surface area (Å²) >= 11 is 0. The molecule has 5 nitrogen and oxygen atoms in total. The van der Waals surface area contributed by atoms with Gasteiger partial charge in [0, 0.05) is 19.0 Å². The highest BCUT2D eigenvalue weighted by atomic mass is 32.2. The van der Waals surface area contributed by atoms with Gasteiger partial charge in [-0.1, -0.05) is 48.9 Å². The molecule has 1 fully saturated rings. The van der Waals surface area contributed by atoms with Crippen molar-refractivity contribution in [1.29, 1.82) is 0 Å². The molecule has 1 N–H and O–H groups in total. The van der Waals surface area contributed by atoms with Crippen LogP contribution in [0.15, 0.2) is 53.4 Å². The van der Waals surface area contributed by atoms with Gasteiger partial charge in [-0.25, -0.2) is 8.42 Å². The maximum absolute atomic E-state index is 12.8. The summed E-state index contributed by atoms with van der Waals surface area (Å²) in [5.41, 5.74) is 3.38. The van der Waals surface area contributed by atoms with Crippen LogP contribution in [0.3, 0.4) is 0 Å². The maximum Gasteiger partial charge on any atom is 0.243 e. The topological polar surface area (TPSA) is 66.5 Å². The Kier molecular flexibility index (Phi) is 6.75. The van der Waals surface area contributed by atoms with Gasteiger partial charge in [-0.3, -0.25) is 4.79 Å². The van der Waals surface area contributed by atoms with Crippen molar-refractivity contribution in [3.8, 4) is 0 Å². The Morgan fingerprint density at radius 2 is 1.66 bits per heavy atom. The van der Waals surface area contributed by atoms with Gasteiger partial charge < -0.3 is 5.32 Å². The molecule has 1 heterocycles. The molecular weight excluding hydrogens is 384 g/mol. The monoisotopic (exact) mass is 414 g/mol. The van der Waals surface area contributed by atoms with Crippen molar-refractivity contribution in [2.75, 3.05) is 13.1 Å². The van der Waals surface area contributed by atoms with E-state index in [0.717, 1.165) is 17.5 Å². The first-order valence-electron chi connectivity index (χ1n) is 10.3. The summed E-state index contributed by atoms with van der Waals surface area (Å²) in [5, 5.41) is 3.09. The van der Waals surface area contributed by atoms with Crippen LogP contribution in [0.5, 0.6) is 0 Å². The lowest BCUT2D eigenvalue weighted by atomic mass is 9.96. The molecule has 1 saturated heterocycles. The quantitative estimate of drug-likeness (QED) is 0.781. The zero-order valence-corrected chi connectivity index (χ0v) is 18.2. The Morgan fingerprint density at radius 1 is 1.07 bits per heavy atom. The number of carbonyl (C=O) groups excluding carboxylic acids is 1. The second-order valence-corrected chi connectivity index (χ2v) is 9.75. The lowest BCUT2D eigenvalue weighted by molar-refractivity contribution is -0.126. The van der Waals surface area contributed by atoms with Crippen LogP contribution in [0, 0.1) is 12.8 Å². The minimum atomic E-state index is -3.50. The fourth-order valence-corrected chi connectivity index (χ4v) is 5.14. The van der Waals surface area contributed by atoms with E-state index in [0.29, 0.717) is 30.8 Å². The Bertz CT molecular complexity index is 929. The predicted octanol–water partition coefficient (Wildman–Crippen LogP) is 3.84. The zero-order chi connectivity index (χ0) is 21.0. The fourth-order valence-electron chi connectivity index (χ4n) is 3.67. The van der Waals surface area contributed by atoms with Crippen molar-refractivity contribution in [3.05, 3.63) is 65.2 Å². The summed E-state index contributed by atoms with van der Waals surface area (Å²) in [4.78, 5) is 13.0. The van der Waals surface area contributed by atoms with Crippen molar-refractivity contribution in [2.24, 2.45) is 5.92 Å². The Morgan fingerprint density at radius 3 is 2.21 bits per heavy atom. The summed E-state index contributed by atoms with van der Waals surface area (Å²) < 4.78 is 27.1. The Balaban J connectivity index is 1.56. The third kappa shape index (κ3) is 5.06. The van der Waals surface area contributed by atoms with Gasteiger partial charge >= 0.3 is 0 Å². The number of nitrogens with one attached hydrogen (secondary N) is 1. The van der Waals surface area contributed by atoms with Gasteiger partial charge in [-0.2, -0.15) is 4.31 Å². The van der Waals surface area contributed by atoms with Crippen molar-refractivity contribution in [3.63, 3.8) is 0 Å². The number of aryl methyl sites for hydroxylation is 2. The van der Waals surface area contributed by atoms with Crippen molar-refractivity contribution in [2.45, 2.75) is 51.0 Å². The molecule has 156 valence electrons. The lowest BCUT2D eigenvalue weighted by Crippen LogP contribution is -2.43. The summed E-state index contributed by atoms with van der Waals surface area (Å²) in [6.07, 6.45) is 2.07. The maximum atomic E-state index is 12.8. The molecule has 0 radical (unpaired) electrons. The van der Waals surface area contributed by atoms with Crippen LogP contribution in [-0.2, 0) is 21.2 Å². The van der Waals surface area contributed by atoms with Crippen LogP contribution < -0.4 is 5.32 Å². The van der Waals surface area contributed by atoms with Crippen LogP contribution in [0.1, 0.15) is 49.4 Å². The molecule has 2 aromatic carbocycles. The van der Waals surface area contributed by atoms with Gasteiger partial charge in [0.15, 0.2) is 0 Å². The van der Waals surface area contributed by atoms with Gasteiger partial charge in [-0.05, 0) is 56.4 Å². The molecule has 1 atom stereocenters. The molecule has 6 heteroatoms. The SMILES string of the molecule is CCc1ccc(C(C)NC(=O)C2CCN(S(=O)(=O)c3ccc(C)cc3)CC2)cc1. The first kappa shape index (κ1) is 21.5. The second kappa shape index (κ2) is 9.09. The van der Waals surface area contributed by atoms with E-state index in [2.05, 4.69) is 36.5 Å². The van der Waals surface area contributed by atoms with Crippen LogP contribution >= 0.6 is 0 Å². The average molecular weight is 415 g/mol. The molecular formula is C23H30N2O3S. The molecule has 1 unspecified atom stereocenters. The van der Waals surface area contributed by atoms with Crippen LogP contribution in [0.4, 0.5) is 0 Å². The highest BCUT2D eigenvalue weighted by Gasteiger charge is 2.32. The lowest BCUT2D eigenvalue weighted by Gasteiger charge is -2.31. The average Bonchev–Trinajstić information content (AvgIpc) is 2.74. The van der Waals surface area contributed by atoms with Gasteiger partial charge in [-0.15, -0.1) is 0 Å². The Hall–Kier alpha value is -2.18. The molecule has 0 bridgehead atoms. The molecule has 1 amide bonds. The van der Waals surface area contributed by atoms with E-state index in [9.17, 15) is 13.2 Å². The van der Waals surface area contributed by atoms with E-state index >= 15 is 0 Å². The summed E-state index contributed by atoms with van der Waals surface area (Å²) in [6, 6.07) is 15.1. The van der Waals surface area contributed by atoms with E-state index in [4.69, 9.17) is 0 Å². The van der Waals surface area contributed by atoms with Crippen molar-refractivity contribution in [1.82, 2.24) is 9.62 Å². The van der Waals surface area contributed by atoms with Gasteiger partial charge in [0.05, 0.1) is 10.9 Å². The van der Waals surface area contributed by atoms with Gasteiger partial charge in [0.1, 0.15) is 0 Å². The molecule has 29 heavy (non-hydrogen) atoms. The van der Waals surface area contributed by atoms with Crippen molar-refractivity contribution >= 4 is 15.9 Å². The number of hydrogen-bond donors (Lipinski definition) is 1. The molecule has 1 aliphatic rings. The smallest absolute Gasteiger partial charge is 0.243 e. The van der Waals surface area contributed by atoms with Crippen LogP contribution in [-0.4, -0.2) is 31.7 Å². The fraction of sp³-hybridized carbons (Fsp3) is 0.435. The molecule has 0 aromatic heterocycles. The third-order valence-electron chi connectivity index (χ3n) is 5.73. The largest absolute Gasteiger partial charge is 0.349 e. The zero-order valence-electron chi connectivity index (χ0n) is 17.4. The molecule has 3 rings (SSSR count). The first-order valence-corrected chi connectivity index (χ1v) is 11.7. The summed E-state index contributed by atoms with van der Waals surface area (Å²) in [6.45, 7) is 6.77. The van der Waals surface area contributed by atoms with E-state index in [1.807, 2.05) is 26.0 Å². The predicted molar refractivity (Wildman–Crippen MR) is 115 cm³/mol. The number of nitrogens with zero attached hydrogens (tertiary/aromatic N) is 1. The number of piperidine rings is 1. The summed E-state index contributed by atoms with van der Waals surface area (Å²) in [7, 11) is -3.50. The summed E-state index contributed by atoms with van der Waals surface area (Å²) in [5.74, 6) is -0.152. The molecule has 0 spiro atoms. The van der Waals surface area contributed by atoms with Crippen molar-refractivity contribution < 1.29 is 13.2 Å². The minimum Gasteiger partial charge on any atom is -0.349 e. The normalized spacial score (nSPS) is 17.1. The molecule has 2 aromatic rings. The number of benzene rings is 2. The molecule has 1 aliphatic heterocycles. The number of amides is 1. The molecule has 0 aliphatic carbocycles. The first-order chi connectivity index (χ1) is 13.8. The second-order valence-electron chi connectivity index (χ2n) is 7.82. The number of carbonyl (C=O) groups is 1. The van der Waals surface area contributed by atoms with Crippen LogP contribution in [0.2, 0.25) is 0 Å². The van der Waals surface area contributed by atoms with E-state index < -0.39 is 10.0 Å². The van der Waals surface area contributed by atoms with Crippen LogP contribution in [0.25, 0.3) is 0 Å². The minimum absolute atomic E-state index is 0.00412. The highest BCUT2D eigenvalue weighted by molar-refractivity contribution is 7.89. The van der Waals surface area contributed by atoms with Gasteiger partial charge in [0.2, 0.25) is 15.9 Å². The van der Waals surface area contributed by atoms with E-state index in [1.165, 1.54) is 9.87 Å². The third-order valence-corrected chi connectivity index (χ3v) is 7.64. The molecule has 0 saturated carbocycles. The number of hydrogen-bond acceptors (Lipinski definition) is 3. The highest BCUT2D eigenvalue weighted by Crippen LogP contribution is 2.25. The number of rotatable bonds is 6. The van der Waals surface area contributed by atoms with E-state index in [-0.39, 0.29) is 17.9 Å². The van der Waals surface area contributed by atoms with E-state index in [1.54, 1.807) is 12.1 Å². The number of sulfonamides is 1. The Labute approximate surface area is 174 Å². The standard InChI is InChI=1S/C23H30N2O3S/c1-4-19-7-9-20(10-8-19)18(3)24-23(26)21-13-15-25(16-14-21)29(27,28)22-11-5-17(2)6-12-22/h5-12,18,21H,4,13-16H2,1-3H3,(H,24,26).